The van der Waals surface area contributed by atoms with Crippen LogP contribution in [0.4, 0.5) is 11.5 Å². The van der Waals surface area contributed by atoms with Gasteiger partial charge in [0.1, 0.15) is 11.6 Å². The third-order valence-corrected chi connectivity index (χ3v) is 3.53. The number of carbonyl (C=O) groups is 3. The van der Waals surface area contributed by atoms with E-state index in [2.05, 4.69) is 19.9 Å². The Labute approximate surface area is 143 Å². The quantitative estimate of drug-likeness (QED) is 0.229. The van der Waals surface area contributed by atoms with Crippen molar-refractivity contribution in [3.8, 4) is 0 Å². The van der Waals surface area contributed by atoms with E-state index in [0.29, 0.717) is 0 Å². The van der Waals surface area contributed by atoms with E-state index in [1.54, 1.807) is 0 Å². The molecule has 0 radical (unpaired) electrons. The molecule has 1 rings (SSSR count). The molecule has 10 heteroatoms. The lowest BCUT2D eigenvalue weighted by Crippen LogP contribution is -2.40. The topological polar surface area (TPSA) is 141 Å². The maximum atomic E-state index is 12.0. The predicted molar refractivity (Wildman–Crippen MR) is 85.2 cm³/mol. The lowest BCUT2D eigenvalue weighted by Gasteiger charge is -2.23. The number of nitro groups is 1. The lowest BCUT2D eigenvalue weighted by molar-refractivity contribution is -0.384. The SMILES string of the molecule is COC(=O)C(C(C)N=Nc1ncccc1[N+](=O)[O-])C(C(C)=O)C(C)=O. The average Bonchev–Trinajstić information content (AvgIpc) is 2.56. The Bertz CT molecular complexity index is 704. The van der Waals surface area contributed by atoms with Gasteiger partial charge < -0.3 is 4.74 Å². The van der Waals surface area contributed by atoms with Gasteiger partial charge in [0.2, 0.25) is 0 Å². The molecule has 0 N–H and O–H groups in total. The minimum Gasteiger partial charge on any atom is -0.469 e. The molecule has 2 unspecified atom stereocenters. The number of nitrogens with zero attached hydrogens (tertiary/aromatic N) is 4. The molecule has 0 aliphatic carbocycles. The van der Waals surface area contributed by atoms with Crippen LogP contribution in [-0.4, -0.2) is 40.6 Å². The van der Waals surface area contributed by atoms with Gasteiger partial charge in [-0.25, -0.2) is 4.98 Å². The summed E-state index contributed by atoms with van der Waals surface area (Å²) in [6, 6.07) is 1.64. The zero-order chi connectivity index (χ0) is 19.1. The van der Waals surface area contributed by atoms with Gasteiger partial charge in [-0.05, 0) is 26.8 Å². The number of hydrogen-bond acceptors (Lipinski definition) is 9. The Kier molecular flexibility index (Phi) is 6.97. The molecule has 0 fully saturated rings. The number of esters is 1. The lowest BCUT2D eigenvalue weighted by atomic mass is 9.82. The van der Waals surface area contributed by atoms with Crippen molar-refractivity contribution in [3.63, 3.8) is 0 Å². The van der Waals surface area contributed by atoms with Crippen LogP contribution in [0.5, 0.6) is 0 Å². The van der Waals surface area contributed by atoms with Gasteiger partial charge in [-0.2, -0.15) is 5.11 Å². The first kappa shape index (κ1) is 20.0. The summed E-state index contributed by atoms with van der Waals surface area (Å²) in [4.78, 5) is 49.6. The van der Waals surface area contributed by atoms with Crippen LogP contribution in [-0.2, 0) is 19.1 Å². The summed E-state index contributed by atoms with van der Waals surface area (Å²) in [6.07, 6.45) is 1.30. The Morgan fingerprint density at radius 3 is 2.36 bits per heavy atom. The molecule has 25 heavy (non-hydrogen) atoms. The maximum Gasteiger partial charge on any atom is 0.315 e. The zero-order valence-electron chi connectivity index (χ0n) is 14.2. The van der Waals surface area contributed by atoms with Gasteiger partial charge in [0.05, 0.1) is 29.9 Å². The van der Waals surface area contributed by atoms with Crippen LogP contribution < -0.4 is 0 Å². The number of carbonyl (C=O) groups excluding carboxylic acids is 3. The summed E-state index contributed by atoms with van der Waals surface area (Å²) in [5.41, 5.74) is -0.359. The number of hydrogen-bond donors (Lipinski definition) is 0. The summed E-state index contributed by atoms with van der Waals surface area (Å²) < 4.78 is 4.66. The van der Waals surface area contributed by atoms with E-state index >= 15 is 0 Å². The molecule has 0 bridgehead atoms. The number of pyridine rings is 1. The third kappa shape index (κ3) is 4.96. The number of Topliss-reactive ketones (excluding diaryl/α,β-unsaturated/α-hetero) is 2. The molecule has 0 saturated heterocycles. The van der Waals surface area contributed by atoms with Gasteiger partial charge in [-0.15, -0.1) is 5.11 Å². The number of azo groups is 1. The van der Waals surface area contributed by atoms with Gasteiger partial charge in [-0.3, -0.25) is 24.5 Å². The molecule has 0 aliphatic heterocycles. The molecule has 1 heterocycles. The van der Waals surface area contributed by atoms with Crippen LogP contribution in [0.25, 0.3) is 0 Å². The van der Waals surface area contributed by atoms with Crippen molar-refractivity contribution in [3.05, 3.63) is 28.4 Å². The second-order valence-electron chi connectivity index (χ2n) is 5.31. The van der Waals surface area contributed by atoms with Crippen LogP contribution in [0.3, 0.4) is 0 Å². The fraction of sp³-hybridized carbons (Fsp3) is 0.467. The standard InChI is InChI=1S/C15H18N4O6/c1-8(12(15(22)25-4)13(9(2)20)10(3)21)17-18-14-11(19(23)24)6-5-7-16-14/h5-8,12-13H,1-4H3. The van der Waals surface area contributed by atoms with E-state index in [1.807, 2.05) is 0 Å². The molecular formula is C15H18N4O6. The molecule has 0 spiro atoms. The Morgan fingerprint density at radius 2 is 1.88 bits per heavy atom. The summed E-state index contributed by atoms with van der Waals surface area (Å²) in [7, 11) is 1.13. The van der Waals surface area contributed by atoms with Crippen molar-refractivity contribution in [2.45, 2.75) is 26.8 Å². The first-order valence-electron chi connectivity index (χ1n) is 7.29. The van der Waals surface area contributed by atoms with E-state index < -0.39 is 40.3 Å². The number of ether oxygens (including phenoxy) is 1. The molecule has 2 atom stereocenters. The third-order valence-electron chi connectivity index (χ3n) is 3.53. The highest BCUT2D eigenvalue weighted by Gasteiger charge is 2.40. The van der Waals surface area contributed by atoms with Crippen molar-refractivity contribution in [1.29, 1.82) is 0 Å². The fourth-order valence-electron chi connectivity index (χ4n) is 2.37. The Morgan fingerprint density at radius 1 is 1.28 bits per heavy atom. The van der Waals surface area contributed by atoms with Crippen molar-refractivity contribution in [2.24, 2.45) is 22.1 Å². The largest absolute Gasteiger partial charge is 0.469 e. The first-order valence-corrected chi connectivity index (χ1v) is 7.29. The second-order valence-corrected chi connectivity index (χ2v) is 5.31. The number of ketones is 2. The summed E-state index contributed by atoms with van der Waals surface area (Å²) in [6.45, 7) is 3.84. The Balaban J connectivity index is 3.21. The smallest absolute Gasteiger partial charge is 0.315 e. The molecule has 1 aromatic heterocycles. The van der Waals surface area contributed by atoms with Crippen molar-refractivity contribution in [1.82, 2.24) is 4.98 Å². The van der Waals surface area contributed by atoms with Crippen LogP contribution >= 0.6 is 0 Å². The van der Waals surface area contributed by atoms with E-state index in [1.165, 1.54) is 39.1 Å². The van der Waals surface area contributed by atoms with Gasteiger partial charge in [0, 0.05) is 12.3 Å². The van der Waals surface area contributed by atoms with E-state index in [4.69, 9.17) is 0 Å². The number of methoxy groups -OCH3 is 1. The van der Waals surface area contributed by atoms with Crippen LogP contribution in [0.1, 0.15) is 20.8 Å². The highest BCUT2D eigenvalue weighted by Crippen LogP contribution is 2.27. The first-order chi connectivity index (χ1) is 11.7. The summed E-state index contributed by atoms with van der Waals surface area (Å²) in [5, 5.41) is 18.5. The monoisotopic (exact) mass is 350 g/mol. The van der Waals surface area contributed by atoms with Crippen LogP contribution in [0, 0.1) is 22.0 Å². The van der Waals surface area contributed by atoms with E-state index in [-0.39, 0.29) is 11.5 Å². The molecule has 1 aromatic rings. The van der Waals surface area contributed by atoms with Crippen molar-refractivity contribution in [2.75, 3.05) is 7.11 Å². The summed E-state index contributed by atoms with van der Waals surface area (Å²) in [5.74, 6) is -4.48. The van der Waals surface area contributed by atoms with Crippen molar-refractivity contribution < 1.29 is 24.0 Å². The average molecular weight is 350 g/mol. The molecule has 0 saturated carbocycles. The van der Waals surface area contributed by atoms with E-state index in [9.17, 15) is 24.5 Å². The molecule has 10 nitrogen and oxygen atoms in total. The number of rotatable bonds is 8. The summed E-state index contributed by atoms with van der Waals surface area (Å²) >= 11 is 0. The van der Waals surface area contributed by atoms with Crippen LogP contribution in [0.2, 0.25) is 0 Å². The molecule has 0 amide bonds. The molecular weight excluding hydrogens is 332 g/mol. The van der Waals surface area contributed by atoms with Gasteiger partial charge >= 0.3 is 11.7 Å². The molecule has 0 aromatic carbocycles. The minimum atomic E-state index is -1.24. The predicted octanol–water partition coefficient (Wildman–Crippen LogP) is 2.05. The molecule has 0 aliphatic rings. The van der Waals surface area contributed by atoms with Crippen molar-refractivity contribution >= 4 is 29.0 Å². The normalized spacial score (nSPS) is 13.5. The fourth-order valence-corrected chi connectivity index (χ4v) is 2.37. The maximum absolute atomic E-state index is 12.0. The van der Waals surface area contributed by atoms with Gasteiger partial charge in [0.25, 0.3) is 5.82 Å². The highest BCUT2D eigenvalue weighted by molar-refractivity contribution is 6.03. The highest BCUT2D eigenvalue weighted by atomic mass is 16.6. The minimum absolute atomic E-state index is 0.245. The molecule has 134 valence electrons. The second kappa shape index (κ2) is 8.71. The van der Waals surface area contributed by atoms with Gasteiger partial charge in [-0.1, -0.05) is 0 Å². The zero-order valence-corrected chi connectivity index (χ0v) is 14.2. The Hall–Kier alpha value is -3.04. The van der Waals surface area contributed by atoms with E-state index in [0.717, 1.165) is 7.11 Å². The van der Waals surface area contributed by atoms with Crippen LogP contribution in [0.15, 0.2) is 28.6 Å². The number of aromatic nitrogens is 1. The van der Waals surface area contributed by atoms with Gasteiger partial charge in [0.15, 0.2) is 0 Å².